The van der Waals surface area contributed by atoms with Crippen molar-refractivity contribution in [2.75, 3.05) is 18.1 Å². The van der Waals surface area contributed by atoms with Gasteiger partial charge < -0.3 is 15.0 Å². The van der Waals surface area contributed by atoms with Crippen molar-refractivity contribution in [2.24, 2.45) is 0 Å². The van der Waals surface area contributed by atoms with Gasteiger partial charge in [-0.3, -0.25) is 14.5 Å². The van der Waals surface area contributed by atoms with E-state index in [2.05, 4.69) is 16.4 Å². The number of anilines is 1. The fourth-order valence-corrected chi connectivity index (χ4v) is 6.25. The van der Waals surface area contributed by atoms with E-state index in [0.29, 0.717) is 25.3 Å². The highest BCUT2D eigenvalue weighted by atomic mass is 16.5. The number of rotatable bonds is 5. The van der Waals surface area contributed by atoms with Crippen LogP contribution in [-0.4, -0.2) is 53.0 Å². The van der Waals surface area contributed by atoms with Crippen LogP contribution in [0.4, 0.5) is 10.5 Å². The van der Waals surface area contributed by atoms with E-state index >= 15 is 0 Å². The van der Waals surface area contributed by atoms with Gasteiger partial charge in [-0.15, -0.1) is 0 Å². The highest BCUT2D eigenvalue weighted by Gasteiger charge is 2.53. The molecule has 8 nitrogen and oxygen atoms in total. The first-order valence-corrected chi connectivity index (χ1v) is 13.4. The minimum absolute atomic E-state index is 0.0133. The zero-order valence-corrected chi connectivity index (χ0v) is 21.3. The van der Waals surface area contributed by atoms with Gasteiger partial charge in [0.1, 0.15) is 12.1 Å². The van der Waals surface area contributed by atoms with Gasteiger partial charge >= 0.3 is 6.03 Å². The van der Waals surface area contributed by atoms with Crippen LogP contribution >= 0.6 is 0 Å². The molecule has 1 aromatic heterocycles. The molecule has 3 aromatic carbocycles. The molecule has 2 saturated heterocycles. The van der Waals surface area contributed by atoms with Gasteiger partial charge in [-0.05, 0) is 42.2 Å². The molecule has 0 spiro atoms. The molecule has 0 bridgehead atoms. The number of ether oxygens (including phenoxy) is 1. The fourth-order valence-electron chi connectivity index (χ4n) is 6.25. The van der Waals surface area contributed by atoms with Crippen LogP contribution in [-0.2, 0) is 16.0 Å². The summed E-state index contributed by atoms with van der Waals surface area (Å²) < 4.78 is 5.63. The van der Waals surface area contributed by atoms with Crippen molar-refractivity contribution < 1.29 is 19.1 Å². The van der Waals surface area contributed by atoms with E-state index < -0.39 is 18.1 Å². The second kappa shape index (κ2) is 9.39. The molecule has 196 valence electrons. The van der Waals surface area contributed by atoms with Crippen LogP contribution in [0, 0.1) is 0 Å². The number of benzene rings is 3. The minimum Gasteiger partial charge on any atom is -0.376 e. The molecule has 2 N–H and O–H groups in total. The molecular weight excluding hydrogens is 492 g/mol. The van der Waals surface area contributed by atoms with Crippen molar-refractivity contribution >= 4 is 34.4 Å². The quantitative estimate of drug-likeness (QED) is 0.377. The first kappa shape index (κ1) is 23.7. The third kappa shape index (κ3) is 3.82. The number of urea groups is 1. The lowest BCUT2D eigenvalue weighted by Gasteiger charge is -2.36. The summed E-state index contributed by atoms with van der Waals surface area (Å²) >= 11 is 0. The van der Waals surface area contributed by atoms with Crippen molar-refractivity contribution in [1.82, 2.24) is 15.2 Å². The maximum Gasteiger partial charge on any atom is 0.332 e. The molecule has 0 radical (unpaired) electrons. The lowest BCUT2D eigenvalue weighted by molar-refractivity contribution is -0.120. The summed E-state index contributed by atoms with van der Waals surface area (Å²) in [6.45, 7) is 1.09. The molecule has 3 aliphatic heterocycles. The molecule has 0 saturated carbocycles. The Morgan fingerprint density at radius 2 is 1.74 bits per heavy atom. The molecule has 8 heteroatoms. The van der Waals surface area contributed by atoms with Gasteiger partial charge in [0.25, 0.3) is 11.8 Å². The minimum atomic E-state index is -0.683. The van der Waals surface area contributed by atoms with Gasteiger partial charge in [-0.2, -0.15) is 0 Å². The number of fused-ring (bicyclic) bond motifs is 4. The number of hydrogen-bond donors (Lipinski definition) is 2. The SMILES string of the molecule is O=C(NC[C@H]1CCCO1)c1ccccc1N1C(=O)[C@@H]2Cc3c([nH]c4ccccc34)[C@H](c3ccccc3)N2C1=O. The second-order valence-electron chi connectivity index (χ2n) is 10.3. The number of nitrogens with one attached hydrogen (secondary N) is 2. The predicted octanol–water partition coefficient (Wildman–Crippen LogP) is 4.56. The molecule has 0 unspecified atom stereocenters. The van der Waals surface area contributed by atoms with Crippen molar-refractivity contribution in [3.05, 3.63) is 101 Å². The smallest absolute Gasteiger partial charge is 0.332 e. The molecule has 3 atom stereocenters. The number of carbonyl (C=O) groups is 3. The number of nitrogens with zero attached hydrogens (tertiary/aromatic N) is 2. The summed E-state index contributed by atoms with van der Waals surface area (Å²) in [5.41, 5.74) is 4.45. The molecule has 4 heterocycles. The predicted molar refractivity (Wildman–Crippen MR) is 147 cm³/mol. The maximum atomic E-state index is 14.2. The summed E-state index contributed by atoms with van der Waals surface area (Å²) in [5.74, 6) is -0.654. The van der Waals surface area contributed by atoms with E-state index in [-0.39, 0.29) is 23.5 Å². The van der Waals surface area contributed by atoms with E-state index in [4.69, 9.17) is 4.74 Å². The Bertz CT molecular complexity index is 1590. The van der Waals surface area contributed by atoms with Crippen LogP contribution in [0.25, 0.3) is 10.9 Å². The van der Waals surface area contributed by atoms with Gasteiger partial charge in [0, 0.05) is 36.2 Å². The van der Waals surface area contributed by atoms with Crippen molar-refractivity contribution in [3.8, 4) is 0 Å². The third-order valence-corrected chi connectivity index (χ3v) is 8.07. The highest BCUT2D eigenvalue weighted by Crippen LogP contribution is 2.45. The van der Waals surface area contributed by atoms with E-state index in [1.165, 1.54) is 4.90 Å². The van der Waals surface area contributed by atoms with E-state index in [0.717, 1.165) is 40.6 Å². The lowest BCUT2D eigenvalue weighted by Crippen LogP contribution is -2.44. The first-order chi connectivity index (χ1) is 19.1. The average Bonchev–Trinajstić information content (AvgIpc) is 3.68. The average molecular weight is 521 g/mol. The maximum absolute atomic E-state index is 14.2. The molecule has 4 amide bonds. The zero-order valence-electron chi connectivity index (χ0n) is 21.3. The topological polar surface area (TPSA) is 94.7 Å². The van der Waals surface area contributed by atoms with Crippen molar-refractivity contribution in [3.63, 3.8) is 0 Å². The Kier molecular flexibility index (Phi) is 5.70. The number of amides is 4. The Morgan fingerprint density at radius 1 is 0.974 bits per heavy atom. The highest BCUT2D eigenvalue weighted by molar-refractivity contribution is 6.24. The zero-order chi connectivity index (χ0) is 26.5. The lowest BCUT2D eigenvalue weighted by atomic mass is 9.89. The number of H-pyrrole nitrogens is 1. The Balaban J connectivity index is 1.28. The summed E-state index contributed by atoms with van der Waals surface area (Å²) in [5, 5.41) is 3.99. The number of aromatic nitrogens is 1. The van der Waals surface area contributed by atoms with Crippen LogP contribution in [0.1, 0.15) is 46.1 Å². The number of imide groups is 1. The Morgan fingerprint density at radius 3 is 2.56 bits per heavy atom. The van der Waals surface area contributed by atoms with Gasteiger partial charge in [0.15, 0.2) is 0 Å². The molecule has 2 fully saturated rings. The van der Waals surface area contributed by atoms with Gasteiger partial charge in [0.2, 0.25) is 0 Å². The van der Waals surface area contributed by atoms with E-state index in [1.54, 1.807) is 29.2 Å². The number of para-hydroxylation sites is 2. The summed E-state index contributed by atoms with van der Waals surface area (Å²) in [4.78, 5) is 47.9. The van der Waals surface area contributed by atoms with Gasteiger partial charge in [0.05, 0.1) is 17.4 Å². The number of carbonyl (C=O) groups excluding carboxylic acids is 3. The van der Waals surface area contributed by atoms with Crippen LogP contribution in [0.3, 0.4) is 0 Å². The van der Waals surface area contributed by atoms with Gasteiger partial charge in [-0.1, -0.05) is 60.7 Å². The molecular formula is C31H28N4O4. The van der Waals surface area contributed by atoms with Crippen molar-refractivity contribution in [2.45, 2.75) is 37.5 Å². The van der Waals surface area contributed by atoms with Crippen LogP contribution in [0.2, 0.25) is 0 Å². The Labute approximate surface area is 225 Å². The standard InChI is InChI=1S/C31H28N4O4/c36-29(32-18-20-11-8-16-39-20)22-13-5-7-15-25(22)35-30(37)26-17-23-21-12-4-6-14-24(21)33-27(23)28(34(26)31(35)38)19-9-2-1-3-10-19/h1-7,9-10,12-15,20,26,28,33H,8,11,16-18H2,(H,32,36)/t20-,26+,28+/m1/s1. The van der Waals surface area contributed by atoms with Gasteiger partial charge in [-0.25, -0.2) is 9.69 Å². The number of aromatic amines is 1. The largest absolute Gasteiger partial charge is 0.376 e. The summed E-state index contributed by atoms with van der Waals surface area (Å²) in [6, 6.07) is 23.0. The first-order valence-electron chi connectivity index (χ1n) is 13.4. The van der Waals surface area contributed by atoms with E-state index in [1.807, 2.05) is 48.5 Å². The normalized spacial score (nSPS) is 22.3. The molecule has 3 aliphatic rings. The summed E-state index contributed by atoms with van der Waals surface area (Å²) in [7, 11) is 0. The molecule has 7 rings (SSSR count). The van der Waals surface area contributed by atoms with Crippen LogP contribution in [0.5, 0.6) is 0 Å². The molecule has 0 aliphatic carbocycles. The number of hydrogen-bond acceptors (Lipinski definition) is 4. The van der Waals surface area contributed by atoms with Crippen LogP contribution in [0.15, 0.2) is 78.9 Å². The summed E-state index contributed by atoms with van der Waals surface area (Å²) in [6.07, 6.45) is 2.26. The molecule has 4 aromatic rings. The second-order valence-corrected chi connectivity index (χ2v) is 10.3. The molecule has 39 heavy (non-hydrogen) atoms. The van der Waals surface area contributed by atoms with Crippen molar-refractivity contribution in [1.29, 1.82) is 0 Å². The van der Waals surface area contributed by atoms with Crippen LogP contribution < -0.4 is 10.2 Å². The third-order valence-electron chi connectivity index (χ3n) is 8.07. The Hall–Kier alpha value is -4.43. The fraction of sp³-hybridized carbons (Fsp3) is 0.258. The monoisotopic (exact) mass is 520 g/mol. The van der Waals surface area contributed by atoms with E-state index in [9.17, 15) is 14.4 Å².